The van der Waals surface area contributed by atoms with Gasteiger partial charge in [0.25, 0.3) is 0 Å². The number of carbonyl (C=O) groups excluding carboxylic acids is 1. The van der Waals surface area contributed by atoms with E-state index < -0.39 is 40.3 Å². The van der Waals surface area contributed by atoms with Gasteiger partial charge in [-0.05, 0) is 92.6 Å². The van der Waals surface area contributed by atoms with Gasteiger partial charge in [0.2, 0.25) is 0 Å². The summed E-state index contributed by atoms with van der Waals surface area (Å²) in [7, 11) is 0. The van der Waals surface area contributed by atoms with Crippen molar-refractivity contribution in [2.45, 2.75) is 115 Å². The quantitative estimate of drug-likeness (QED) is 0.310. The highest BCUT2D eigenvalue weighted by Gasteiger charge is 2.69. The summed E-state index contributed by atoms with van der Waals surface area (Å²) in [4.78, 5) is 13.3. The fourth-order valence-corrected chi connectivity index (χ4v) is 9.02. The molecule has 7 heteroatoms. The van der Waals surface area contributed by atoms with E-state index in [1.807, 2.05) is 27.7 Å². The number of hydrogen-bond donors (Lipinski definition) is 6. The lowest BCUT2D eigenvalue weighted by Crippen LogP contribution is -2.63. The van der Waals surface area contributed by atoms with Gasteiger partial charge in [-0.2, -0.15) is 0 Å². The van der Waals surface area contributed by atoms with Gasteiger partial charge in [-0.25, -0.2) is 0 Å². The highest BCUT2D eigenvalue weighted by atomic mass is 16.3. The highest BCUT2D eigenvalue weighted by Crippen LogP contribution is 2.68. The Morgan fingerprint density at radius 2 is 1.81 bits per heavy atom. The molecule has 206 valence electrons. The molecule has 0 amide bonds. The van der Waals surface area contributed by atoms with Crippen LogP contribution in [0.3, 0.4) is 0 Å². The Balaban J connectivity index is 1.65. The molecular formula is C29H48O7. The van der Waals surface area contributed by atoms with Gasteiger partial charge in [0.05, 0.1) is 29.5 Å². The molecule has 0 spiro atoms. The van der Waals surface area contributed by atoms with Crippen LogP contribution in [0, 0.1) is 40.4 Å². The molecule has 4 aliphatic carbocycles. The molecule has 0 aromatic heterocycles. The normalized spacial score (nSPS) is 46.6. The van der Waals surface area contributed by atoms with Gasteiger partial charge in [-0.1, -0.05) is 34.1 Å². The van der Waals surface area contributed by atoms with Gasteiger partial charge in [0.1, 0.15) is 0 Å². The molecule has 4 rings (SSSR count). The number of allylic oxidation sites excluding steroid dienone is 1. The summed E-state index contributed by atoms with van der Waals surface area (Å²) >= 11 is 0. The van der Waals surface area contributed by atoms with Crippen molar-refractivity contribution in [3.05, 3.63) is 11.6 Å². The molecule has 0 aromatic rings. The molecule has 6 N–H and O–H groups in total. The third-order valence-corrected chi connectivity index (χ3v) is 11.6. The predicted molar refractivity (Wildman–Crippen MR) is 136 cm³/mol. The van der Waals surface area contributed by atoms with Crippen molar-refractivity contribution >= 4 is 5.78 Å². The van der Waals surface area contributed by atoms with Gasteiger partial charge in [0, 0.05) is 17.9 Å². The summed E-state index contributed by atoms with van der Waals surface area (Å²) in [5.41, 5.74) is -3.26. The first-order valence-corrected chi connectivity index (χ1v) is 14.0. The molecule has 0 saturated heterocycles. The van der Waals surface area contributed by atoms with E-state index in [-0.39, 0.29) is 48.4 Å². The van der Waals surface area contributed by atoms with Crippen molar-refractivity contribution in [2.75, 3.05) is 6.61 Å². The molecule has 3 saturated carbocycles. The van der Waals surface area contributed by atoms with Crippen molar-refractivity contribution in [1.82, 2.24) is 0 Å². The molecule has 0 aromatic carbocycles. The zero-order chi connectivity index (χ0) is 26.8. The summed E-state index contributed by atoms with van der Waals surface area (Å²) in [6.07, 6.45) is 2.83. The molecule has 0 radical (unpaired) electrons. The molecule has 0 bridgehead atoms. The fraction of sp³-hybridized carbons (Fsp3) is 0.897. The van der Waals surface area contributed by atoms with Crippen LogP contribution in [0.25, 0.3) is 0 Å². The van der Waals surface area contributed by atoms with Gasteiger partial charge in [-0.15, -0.1) is 0 Å². The Labute approximate surface area is 215 Å². The maximum Gasteiger partial charge on any atom is 0.159 e. The predicted octanol–water partition coefficient (Wildman–Crippen LogP) is 2.35. The number of rotatable bonds is 7. The average molecular weight is 509 g/mol. The minimum absolute atomic E-state index is 0.0171. The Kier molecular flexibility index (Phi) is 7.38. The SMILES string of the molecule is CC[C@@H](C[C@@H](O)[C@@](C)(O)[C@H]1CC[C@@]2(O)C3=CC(=O)[C@@H]4C[C@H](O)[C@@H](O)C[C@]4(C)[C@H]3CC[C@]12C)[C@H](C)CO. The zero-order valence-corrected chi connectivity index (χ0v) is 22.7. The van der Waals surface area contributed by atoms with E-state index in [1.165, 1.54) is 0 Å². The Hall–Kier alpha value is -0.830. The molecule has 0 heterocycles. The second-order valence-corrected chi connectivity index (χ2v) is 13.4. The summed E-state index contributed by atoms with van der Waals surface area (Å²) < 4.78 is 0. The minimum Gasteiger partial charge on any atom is -0.396 e. The number of aliphatic hydroxyl groups is 6. The van der Waals surface area contributed by atoms with Crippen LogP contribution < -0.4 is 0 Å². The van der Waals surface area contributed by atoms with E-state index in [9.17, 15) is 35.4 Å². The van der Waals surface area contributed by atoms with Crippen molar-refractivity contribution in [2.24, 2.45) is 40.4 Å². The first kappa shape index (κ1) is 28.2. The van der Waals surface area contributed by atoms with Crippen molar-refractivity contribution in [1.29, 1.82) is 0 Å². The number of aliphatic hydroxyl groups excluding tert-OH is 4. The van der Waals surface area contributed by atoms with Crippen molar-refractivity contribution in [3.63, 3.8) is 0 Å². The van der Waals surface area contributed by atoms with Gasteiger partial charge in [-0.3, -0.25) is 4.79 Å². The monoisotopic (exact) mass is 508 g/mol. The second kappa shape index (κ2) is 9.42. The topological polar surface area (TPSA) is 138 Å². The Bertz CT molecular complexity index is 885. The summed E-state index contributed by atoms with van der Waals surface area (Å²) in [5, 5.41) is 65.7. The average Bonchev–Trinajstić information content (AvgIpc) is 3.10. The smallest absolute Gasteiger partial charge is 0.159 e. The van der Waals surface area contributed by atoms with Crippen molar-refractivity contribution in [3.8, 4) is 0 Å². The van der Waals surface area contributed by atoms with Crippen LogP contribution in [0.1, 0.15) is 86.0 Å². The van der Waals surface area contributed by atoms with Crippen LogP contribution in [0.5, 0.6) is 0 Å². The lowest BCUT2D eigenvalue weighted by atomic mass is 9.45. The van der Waals surface area contributed by atoms with Gasteiger partial charge < -0.3 is 30.6 Å². The molecule has 12 atom stereocenters. The number of fused-ring (bicyclic) bond motifs is 5. The fourth-order valence-electron chi connectivity index (χ4n) is 9.02. The van der Waals surface area contributed by atoms with Gasteiger partial charge in [0.15, 0.2) is 5.78 Å². The maximum atomic E-state index is 13.3. The van der Waals surface area contributed by atoms with E-state index in [1.54, 1.807) is 13.0 Å². The second-order valence-electron chi connectivity index (χ2n) is 13.4. The highest BCUT2D eigenvalue weighted by molar-refractivity contribution is 5.95. The van der Waals surface area contributed by atoms with E-state index in [0.717, 1.165) is 18.4 Å². The molecular weight excluding hydrogens is 460 g/mol. The first-order valence-electron chi connectivity index (χ1n) is 14.0. The van der Waals surface area contributed by atoms with Crippen LogP contribution in [-0.4, -0.2) is 72.5 Å². The van der Waals surface area contributed by atoms with E-state index in [4.69, 9.17) is 0 Å². The third kappa shape index (κ3) is 3.95. The van der Waals surface area contributed by atoms with Crippen molar-refractivity contribution < 1.29 is 35.4 Å². The molecule has 0 aliphatic heterocycles. The minimum atomic E-state index is -1.44. The zero-order valence-electron chi connectivity index (χ0n) is 22.7. The number of hydrogen-bond acceptors (Lipinski definition) is 7. The summed E-state index contributed by atoms with van der Waals surface area (Å²) in [6, 6.07) is 0. The standard InChI is InChI=1S/C29H48O7/c1-6-17(16(2)15-30)11-25(34)28(5,35)24-8-10-29(36)19-12-21(31)20-13-22(32)23(33)14-26(20,3)18(19)7-9-27(24,29)4/h12,16-18,20,22-25,30,32-36H,6-11,13-15H2,1-5H3/t16-,17+,18+,20+,22+,23+,24+,25-,26-,27-,28+,29-/m1/s1. The van der Waals surface area contributed by atoms with Crippen LogP contribution in [0.2, 0.25) is 0 Å². The summed E-state index contributed by atoms with van der Waals surface area (Å²) in [6.45, 7) is 9.70. The van der Waals surface area contributed by atoms with Crippen LogP contribution in [0.4, 0.5) is 0 Å². The number of carbonyl (C=O) groups is 1. The summed E-state index contributed by atoms with van der Waals surface area (Å²) in [5.74, 6) is -0.824. The van der Waals surface area contributed by atoms with E-state index >= 15 is 0 Å². The largest absolute Gasteiger partial charge is 0.396 e. The molecule has 0 unspecified atom stereocenters. The van der Waals surface area contributed by atoms with E-state index in [2.05, 4.69) is 0 Å². The third-order valence-electron chi connectivity index (χ3n) is 11.6. The Morgan fingerprint density at radius 3 is 2.42 bits per heavy atom. The van der Waals surface area contributed by atoms with Gasteiger partial charge >= 0.3 is 0 Å². The first-order chi connectivity index (χ1) is 16.7. The lowest BCUT2D eigenvalue weighted by Gasteiger charge is -2.60. The molecule has 7 nitrogen and oxygen atoms in total. The molecule has 3 fully saturated rings. The number of ketones is 1. The molecule has 4 aliphatic rings. The van der Waals surface area contributed by atoms with Crippen LogP contribution in [0.15, 0.2) is 11.6 Å². The Morgan fingerprint density at radius 1 is 1.14 bits per heavy atom. The molecule has 36 heavy (non-hydrogen) atoms. The lowest BCUT2D eigenvalue weighted by molar-refractivity contribution is -0.178. The van der Waals surface area contributed by atoms with Crippen LogP contribution >= 0.6 is 0 Å². The van der Waals surface area contributed by atoms with Crippen LogP contribution in [-0.2, 0) is 4.79 Å². The maximum absolute atomic E-state index is 13.3. The van der Waals surface area contributed by atoms with E-state index in [0.29, 0.717) is 32.1 Å².